The zero-order valence-corrected chi connectivity index (χ0v) is 21.0. The number of hydrogen-bond donors (Lipinski definition) is 2. The smallest absolute Gasteiger partial charge is 0.406 e. The highest BCUT2D eigenvalue weighted by Crippen LogP contribution is 2.37. The molecule has 2 N–H and O–H groups in total. The summed E-state index contributed by atoms with van der Waals surface area (Å²) in [5.74, 6) is -2.44. The summed E-state index contributed by atoms with van der Waals surface area (Å²) in [4.78, 5) is 57.8. The molecule has 2 heterocycles. The highest BCUT2D eigenvalue weighted by atomic mass is 32.1. The van der Waals surface area contributed by atoms with Crippen molar-refractivity contribution in [1.82, 2.24) is 15.6 Å². The van der Waals surface area contributed by atoms with Crippen molar-refractivity contribution in [2.24, 2.45) is 0 Å². The van der Waals surface area contributed by atoms with Crippen LogP contribution < -0.4 is 20.3 Å². The standard InChI is InChI=1S/C26H21F3N4O5S/c27-26(28,29)38-16-7-5-15(6-8-16)14-33-19-4-2-1-3-17(19)20(34)13-18(23(33)36)31-24(37)25(9-10-25)32-21(35)22-30-11-12-39-22/h1-8,11-12,18H,9-10,13-14H2,(H,31,37)(H,32,35)/t18-/m1/s1. The van der Waals surface area contributed by atoms with Crippen molar-refractivity contribution in [2.45, 2.75) is 43.8 Å². The highest BCUT2D eigenvalue weighted by Gasteiger charge is 2.52. The number of benzene rings is 2. The zero-order valence-electron chi connectivity index (χ0n) is 20.2. The van der Waals surface area contributed by atoms with E-state index in [4.69, 9.17) is 0 Å². The molecule has 0 unspecified atom stereocenters. The Bertz CT molecular complexity index is 1420. The number of para-hydroxylation sites is 1. The number of nitrogens with zero attached hydrogens (tertiary/aromatic N) is 2. The van der Waals surface area contributed by atoms with Crippen molar-refractivity contribution < 1.29 is 37.1 Å². The van der Waals surface area contributed by atoms with Gasteiger partial charge in [0, 0.05) is 23.6 Å². The number of anilines is 1. The molecule has 0 bridgehead atoms. The third-order valence-electron chi connectivity index (χ3n) is 6.42. The predicted molar refractivity (Wildman–Crippen MR) is 133 cm³/mol. The van der Waals surface area contributed by atoms with Crippen LogP contribution in [0.3, 0.4) is 0 Å². The Morgan fingerprint density at radius 1 is 1.10 bits per heavy atom. The molecule has 2 aromatic carbocycles. The normalized spacial score (nSPS) is 18.1. The van der Waals surface area contributed by atoms with E-state index in [0.29, 0.717) is 24.1 Å². The summed E-state index contributed by atoms with van der Waals surface area (Å²) in [5, 5.41) is 7.17. The van der Waals surface area contributed by atoms with Gasteiger partial charge in [-0.3, -0.25) is 19.2 Å². The van der Waals surface area contributed by atoms with Crippen molar-refractivity contribution >= 4 is 40.5 Å². The number of halogens is 3. The Morgan fingerprint density at radius 3 is 2.46 bits per heavy atom. The summed E-state index contributed by atoms with van der Waals surface area (Å²) in [5.41, 5.74) is -0.137. The number of ketones is 1. The van der Waals surface area contributed by atoms with Crippen LogP contribution in [0.2, 0.25) is 0 Å². The lowest BCUT2D eigenvalue weighted by atomic mass is 10.0. The van der Waals surface area contributed by atoms with E-state index in [1.165, 1.54) is 23.2 Å². The molecule has 9 nitrogen and oxygen atoms in total. The number of hydrogen-bond acceptors (Lipinski definition) is 7. The molecule has 39 heavy (non-hydrogen) atoms. The van der Waals surface area contributed by atoms with Crippen LogP contribution in [0.15, 0.2) is 60.1 Å². The molecule has 0 saturated heterocycles. The number of Topliss-reactive ketones (excluding diaryl/α,β-unsaturated/α-hetero) is 1. The molecule has 1 atom stereocenters. The lowest BCUT2D eigenvalue weighted by molar-refractivity contribution is -0.274. The molecule has 5 rings (SSSR count). The van der Waals surface area contributed by atoms with E-state index in [0.717, 1.165) is 23.5 Å². The third kappa shape index (κ3) is 5.77. The number of alkyl halides is 3. The molecule has 0 radical (unpaired) electrons. The second kappa shape index (κ2) is 10.1. The minimum atomic E-state index is -4.84. The van der Waals surface area contributed by atoms with E-state index in [-0.39, 0.29) is 29.3 Å². The number of carbonyl (C=O) groups is 4. The summed E-state index contributed by atoms with van der Waals surface area (Å²) >= 11 is 1.12. The van der Waals surface area contributed by atoms with Crippen LogP contribution >= 0.6 is 11.3 Å². The van der Waals surface area contributed by atoms with Crippen LogP contribution in [0.5, 0.6) is 5.75 Å². The Hall–Kier alpha value is -4.26. The van der Waals surface area contributed by atoms with Gasteiger partial charge < -0.3 is 20.3 Å². The van der Waals surface area contributed by atoms with E-state index in [9.17, 15) is 32.3 Å². The molecule has 0 spiro atoms. The number of amides is 3. The van der Waals surface area contributed by atoms with Crippen molar-refractivity contribution in [3.63, 3.8) is 0 Å². The van der Waals surface area contributed by atoms with E-state index >= 15 is 0 Å². The largest absolute Gasteiger partial charge is 0.573 e. The van der Waals surface area contributed by atoms with E-state index in [1.54, 1.807) is 29.6 Å². The number of carbonyl (C=O) groups excluding carboxylic acids is 4. The van der Waals surface area contributed by atoms with E-state index < -0.39 is 41.4 Å². The second-order valence-electron chi connectivity index (χ2n) is 9.16. The Kier molecular flexibility index (Phi) is 6.85. The van der Waals surface area contributed by atoms with Crippen molar-refractivity contribution in [3.8, 4) is 5.75 Å². The maximum absolute atomic E-state index is 13.7. The Morgan fingerprint density at radius 2 is 1.82 bits per heavy atom. The molecule has 202 valence electrons. The molecule has 1 aliphatic carbocycles. The van der Waals surface area contributed by atoms with Gasteiger partial charge in [0.1, 0.15) is 17.3 Å². The van der Waals surface area contributed by atoms with Gasteiger partial charge in [0.25, 0.3) is 5.91 Å². The van der Waals surface area contributed by atoms with Crippen LogP contribution in [0.25, 0.3) is 0 Å². The van der Waals surface area contributed by atoms with Crippen LogP contribution in [0, 0.1) is 0 Å². The first-order chi connectivity index (χ1) is 18.5. The summed E-state index contributed by atoms with van der Waals surface area (Å²) < 4.78 is 41.5. The molecular formula is C26H21F3N4O5S. The van der Waals surface area contributed by atoms with Gasteiger partial charge in [0.05, 0.1) is 12.2 Å². The summed E-state index contributed by atoms with van der Waals surface area (Å²) in [7, 11) is 0. The van der Waals surface area contributed by atoms with Gasteiger partial charge in [-0.05, 0) is 42.7 Å². The molecule has 1 fully saturated rings. The fourth-order valence-corrected chi connectivity index (χ4v) is 4.86. The second-order valence-corrected chi connectivity index (χ2v) is 10.1. The van der Waals surface area contributed by atoms with Gasteiger partial charge >= 0.3 is 6.36 Å². The van der Waals surface area contributed by atoms with Crippen LogP contribution in [-0.2, 0) is 16.1 Å². The van der Waals surface area contributed by atoms with Gasteiger partial charge in [-0.25, -0.2) is 4.98 Å². The maximum Gasteiger partial charge on any atom is 0.573 e. The van der Waals surface area contributed by atoms with Crippen LogP contribution in [0.4, 0.5) is 18.9 Å². The predicted octanol–water partition coefficient (Wildman–Crippen LogP) is 3.61. The zero-order chi connectivity index (χ0) is 27.8. The number of aromatic nitrogens is 1. The molecule has 1 saturated carbocycles. The van der Waals surface area contributed by atoms with Crippen LogP contribution in [-0.4, -0.2) is 46.4 Å². The quantitative estimate of drug-likeness (QED) is 0.458. The lowest BCUT2D eigenvalue weighted by Gasteiger charge is -2.27. The maximum atomic E-state index is 13.7. The highest BCUT2D eigenvalue weighted by molar-refractivity contribution is 7.11. The van der Waals surface area contributed by atoms with Crippen molar-refractivity contribution in [1.29, 1.82) is 0 Å². The number of nitrogens with one attached hydrogen (secondary N) is 2. The molecule has 2 aliphatic rings. The summed E-state index contributed by atoms with van der Waals surface area (Å²) in [6.07, 6.45) is -2.95. The van der Waals surface area contributed by atoms with Crippen LogP contribution in [0.1, 0.15) is 45.0 Å². The SMILES string of the molecule is O=C(NC1(C(=O)N[C@@H]2CC(=O)c3ccccc3N(Cc3ccc(OC(F)(F)F)cc3)C2=O)CC1)c1nccs1. The average molecular weight is 559 g/mol. The minimum Gasteiger partial charge on any atom is -0.406 e. The fraction of sp³-hybridized carbons (Fsp3) is 0.269. The number of thiazole rings is 1. The van der Waals surface area contributed by atoms with Crippen molar-refractivity contribution in [3.05, 3.63) is 76.2 Å². The number of fused-ring (bicyclic) bond motifs is 1. The summed E-state index contributed by atoms with van der Waals surface area (Å²) in [6.45, 7) is -0.0757. The molecule has 3 amide bonds. The van der Waals surface area contributed by atoms with Gasteiger partial charge in [-0.15, -0.1) is 24.5 Å². The van der Waals surface area contributed by atoms with Gasteiger partial charge in [0.15, 0.2) is 10.8 Å². The van der Waals surface area contributed by atoms with Gasteiger partial charge in [0.2, 0.25) is 11.8 Å². The molecule has 1 aliphatic heterocycles. The first-order valence-corrected chi connectivity index (χ1v) is 12.7. The molecular weight excluding hydrogens is 537 g/mol. The summed E-state index contributed by atoms with van der Waals surface area (Å²) in [6, 6.07) is 10.3. The van der Waals surface area contributed by atoms with E-state index in [1.807, 2.05) is 0 Å². The Balaban J connectivity index is 1.36. The fourth-order valence-electron chi connectivity index (χ4n) is 4.33. The topological polar surface area (TPSA) is 118 Å². The van der Waals surface area contributed by atoms with Crippen molar-refractivity contribution in [2.75, 3.05) is 4.90 Å². The molecule has 1 aromatic heterocycles. The van der Waals surface area contributed by atoms with Gasteiger partial charge in [-0.2, -0.15) is 0 Å². The number of ether oxygens (including phenoxy) is 1. The average Bonchev–Trinajstić information content (AvgIpc) is 3.48. The minimum absolute atomic E-state index is 0.0757. The Labute approximate surface area is 224 Å². The first kappa shape index (κ1) is 26.4. The third-order valence-corrected chi connectivity index (χ3v) is 7.19. The monoisotopic (exact) mass is 558 g/mol. The van der Waals surface area contributed by atoms with E-state index in [2.05, 4.69) is 20.4 Å². The number of rotatable bonds is 7. The first-order valence-electron chi connectivity index (χ1n) is 11.9. The lowest BCUT2D eigenvalue weighted by Crippen LogP contribution is -2.55. The van der Waals surface area contributed by atoms with Gasteiger partial charge in [-0.1, -0.05) is 24.3 Å². The molecule has 3 aromatic rings. The molecule has 13 heteroatoms.